The van der Waals surface area contributed by atoms with Crippen LogP contribution in [-0.4, -0.2) is 24.8 Å². The highest BCUT2D eigenvalue weighted by Gasteiger charge is 2.10. The predicted molar refractivity (Wildman–Crippen MR) is 80.0 cm³/mol. The molecule has 0 aromatic heterocycles. The number of carboxylic acid groups (broad SMARTS) is 1. The minimum Gasteiger partial charge on any atom is -0.497 e. The first-order valence-electron chi connectivity index (χ1n) is 6.74. The summed E-state index contributed by atoms with van der Waals surface area (Å²) in [5.74, 6) is 0.326. The average molecular weight is 286 g/mol. The fraction of sp³-hybridized carbons (Fsp3) is 0.235. The first kappa shape index (κ1) is 14.9. The van der Waals surface area contributed by atoms with Gasteiger partial charge in [0.2, 0.25) is 0 Å². The molecule has 0 bridgehead atoms. The van der Waals surface area contributed by atoms with E-state index in [-0.39, 0.29) is 6.42 Å². The van der Waals surface area contributed by atoms with Gasteiger partial charge in [-0.25, -0.2) is 0 Å². The summed E-state index contributed by atoms with van der Waals surface area (Å²) in [6.45, 7) is 0.503. The number of hydrogen-bond acceptors (Lipinski definition) is 3. The molecule has 2 aromatic rings. The third-order valence-corrected chi connectivity index (χ3v) is 3.10. The minimum absolute atomic E-state index is 0.0854. The highest BCUT2D eigenvalue weighted by molar-refractivity contribution is 5.71. The lowest BCUT2D eigenvalue weighted by Crippen LogP contribution is -2.07. The van der Waals surface area contributed by atoms with E-state index in [0.717, 1.165) is 6.42 Å². The molecule has 0 spiro atoms. The maximum atomic E-state index is 10.9. The molecule has 2 aromatic carbocycles. The first-order chi connectivity index (χ1) is 10.2. The van der Waals surface area contributed by atoms with Crippen molar-refractivity contribution in [2.45, 2.75) is 12.8 Å². The van der Waals surface area contributed by atoms with Crippen molar-refractivity contribution in [3.8, 4) is 11.5 Å². The smallest absolute Gasteiger partial charge is 0.307 e. The lowest BCUT2D eigenvalue weighted by molar-refractivity contribution is -0.136. The maximum absolute atomic E-state index is 10.9. The van der Waals surface area contributed by atoms with Gasteiger partial charge >= 0.3 is 5.97 Å². The second kappa shape index (κ2) is 7.33. The summed E-state index contributed by atoms with van der Waals surface area (Å²) >= 11 is 0. The van der Waals surface area contributed by atoms with E-state index in [4.69, 9.17) is 14.6 Å². The standard InChI is InChI=1S/C17H18O4/c1-20-15-7-8-16(14(11-15)12-17(18)19)21-10-9-13-5-3-2-4-6-13/h2-8,11H,9-10,12H2,1H3,(H,18,19). The molecule has 0 saturated carbocycles. The van der Waals surface area contributed by atoms with Crippen LogP contribution in [0.2, 0.25) is 0 Å². The molecular weight excluding hydrogens is 268 g/mol. The Balaban J connectivity index is 2.02. The lowest BCUT2D eigenvalue weighted by atomic mass is 10.1. The van der Waals surface area contributed by atoms with Crippen molar-refractivity contribution < 1.29 is 19.4 Å². The number of carbonyl (C=O) groups is 1. The fourth-order valence-corrected chi connectivity index (χ4v) is 2.05. The van der Waals surface area contributed by atoms with Crippen LogP contribution in [0, 0.1) is 0 Å². The number of rotatable bonds is 7. The van der Waals surface area contributed by atoms with E-state index in [1.807, 2.05) is 30.3 Å². The Kier molecular flexibility index (Phi) is 5.21. The summed E-state index contributed by atoms with van der Waals surface area (Å²) in [7, 11) is 1.55. The third-order valence-electron chi connectivity index (χ3n) is 3.10. The van der Waals surface area contributed by atoms with Gasteiger partial charge in [0, 0.05) is 12.0 Å². The highest BCUT2D eigenvalue weighted by atomic mass is 16.5. The van der Waals surface area contributed by atoms with Gasteiger partial charge in [-0.2, -0.15) is 0 Å². The molecule has 0 aliphatic carbocycles. The van der Waals surface area contributed by atoms with E-state index in [2.05, 4.69) is 0 Å². The molecule has 0 fully saturated rings. The Labute approximate surface area is 123 Å². The van der Waals surface area contributed by atoms with Crippen molar-refractivity contribution in [3.63, 3.8) is 0 Å². The van der Waals surface area contributed by atoms with Crippen molar-refractivity contribution in [2.75, 3.05) is 13.7 Å². The molecule has 0 heterocycles. The van der Waals surface area contributed by atoms with Crippen LogP contribution in [0.3, 0.4) is 0 Å². The molecular formula is C17H18O4. The van der Waals surface area contributed by atoms with Crippen molar-refractivity contribution in [1.29, 1.82) is 0 Å². The van der Waals surface area contributed by atoms with E-state index in [1.165, 1.54) is 5.56 Å². The minimum atomic E-state index is -0.892. The van der Waals surface area contributed by atoms with Gasteiger partial charge in [0.15, 0.2) is 0 Å². The Morgan fingerprint density at radius 3 is 2.57 bits per heavy atom. The fourth-order valence-electron chi connectivity index (χ4n) is 2.05. The van der Waals surface area contributed by atoms with Gasteiger partial charge in [0.25, 0.3) is 0 Å². The van der Waals surface area contributed by atoms with Crippen LogP contribution < -0.4 is 9.47 Å². The molecule has 0 unspecified atom stereocenters. The second-order valence-electron chi connectivity index (χ2n) is 4.63. The molecule has 0 aliphatic heterocycles. The quantitative estimate of drug-likeness (QED) is 0.850. The van der Waals surface area contributed by atoms with Crippen LogP contribution >= 0.6 is 0 Å². The zero-order chi connectivity index (χ0) is 15.1. The van der Waals surface area contributed by atoms with Gasteiger partial charge in [-0.1, -0.05) is 30.3 Å². The molecule has 110 valence electrons. The van der Waals surface area contributed by atoms with Crippen LogP contribution in [0.25, 0.3) is 0 Å². The number of benzene rings is 2. The number of hydrogen-bond donors (Lipinski definition) is 1. The van der Waals surface area contributed by atoms with Crippen LogP contribution in [0.1, 0.15) is 11.1 Å². The normalized spacial score (nSPS) is 10.1. The van der Waals surface area contributed by atoms with Crippen molar-refractivity contribution in [2.24, 2.45) is 0 Å². The molecule has 0 aliphatic rings. The second-order valence-corrected chi connectivity index (χ2v) is 4.63. The average Bonchev–Trinajstić information content (AvgIpc) is 2.49. The zero-order valence-corrected chi connectivity index (χ0v) is 11.9. The van der Waals surface area contributed by atoms with Gasteiger partial charge in [0.05, 0.1) is 20.1 Å². The van der Waals surface area contributed by atoms with Crippen LogP contribution in [-0.2, 0) is 17.6 Å². The Morgan fingerprint density at radius 1 is 1.14 bits per heavy atom. The van der Waals surface area contributed by atoms with Gasteiger partial charge in [-0.3, -0.25) is 4.79 Å². The largest absolute Gasteiger partial charge is 0.497 e. The van der Waals surface area contributed by atoms with Crippen LogP contribution in [0.5, 0.6) is 11.5 Å². The maximum Gasteiger partial charge on any atom is 0.307 e. The van der Waals surface area contributed by atoms with Gasteiger partial charge in [-0.15, -0.1) is 0 Å². The molecule has 1 N–H and O–H groups in total. The van der Waals surface area contributed by atoms with Crippen molar-refractivity contribution in [3.05, 3.63) is 59.7 Å². The van der Waals surface area contributed by atoms with E-state index in [0.29, 0.717) is 23.7 Å². The van der Waals surface area contributed by atoms with E-state index in [1.54, 1.807) is 25.3 Å². The van der Waals surface area contributed by atoms with Gasteiger partial charge in [-0.05, 0) is 23.8 Å². The Bertz CT molecular complexity index is 593. The molecule has 0 saturated heterocycles. The van der Waals surface area contributed by atoms with Crippen molar-refractivity contribution in [1.82, 2.24) is 0 Å². The summed E-state index contributed by atoms with van der Waals surface area (Å²) < 4.78 is 10.8. The number of aliphatic carboxylic acids is 1. The summed E-state index contributed by atoms with van der Waals surface area (Å²) in [5.41, 5.74) is 1.81. The zero-order valence-electron chi connectivity index (χ0n) is 11.9. The van der Waals surface area contributed by atoms with E-state index in [9.17, 15) is 4.79 Å². The summed E-state index contributed by atoms with van der Waals surface area (Å²) in [6, 6.07) is 15.2. The molecule has 2 rings (SSSR count). The van der Waals surface area contributed by atoms with E-state index >= 15 is 0 Å². The number of methoxy groups -OCH3 is 1. The van der Waals surface area contributed by atoms with Gasteiger partial charge < -0.3 is 14.6 Å². The predicted octanol–water partition coefficient (Wildman–Crippen LogP) is 2.94. The van der Waals surface area contributed by atoms with E-state index < -0.39 is 5.97 Å². The first-order valence-corrected chi connectivity index (χ1v) is 6.74. The van der Waals surface area contributed by atoms with Gasteiger partial charge in [0.1, 0.15) is 11.5 Å². The summed E-state index contributed by atoms with van der Waals surface area (Å²) in [5, 5.41) is 8.96. The van der Waals surface area contributed by atoms with Crippen LogP contribution in [0.4, 0.5) is 0 Å². The molecule has 0 amide bonds. The monoisotopic (exact) mass is 286 g/mol. The SMILES string of the molecule is COc1ccc(OCCc2ccccc2)c(CC(=O)O)c1. The van der Waals surface area contributed by atoms with Crippen molar-refractivity contribution >= 4 is 5.97 Å². The highest BCUT2D eigenvalue weighted by Crippen LogP contribution is 2.25. The molecule has 4 heteroatoms. The van der Waals surface area contributed by atoms with Crippen LogP contribution in [0.15, 0.2) is 48.5 Å². The molecule has 4 nitrogen and oxygen atoms in total. The molecule has 0 radical (unpaired) electrons. The number of ether oxygens (including phenoxy) is 2. The topological polar surface area (TPSA) is 55.8 Å². The third kappa shape index (κ3) is 4.53. The summed E-state index contributed by atoms with van der Waals surface area (Å²) in [4.78, 5) is 10.9. The Hall–Kier alpha value is -2.49. The summed E-state index contributed by atoms with van der Waals surface area (Å²) in [6.07, 6.45) is 0.692. The lowest BCUT2D eigenvalue weighted by Gasteiger charge is -2.12. The molecule has 0 atom stereocenters. The number of carboxylic acids is 1. The molecule has 21 heavy (non-hydrogen) atoms. The Morgan fingerprint density at radius 2 is 1.90 bits per heavy atom.